The fraction of sp³-hybridized carbons (Fsp3) is 0.133. The van der Waals surface area contributed by atoms with E-state index in [-0.39, 0.29) is 12.6 Å². The maximum absolute atomic E-state index is 11.8. The Morgan fingerprint density at radius 3 is 2.70 bits per heavy atom. The number of nitrogens with zero attached hydrogens (tertiary/aromatic N) is 2. The highest BCUT2D eigenvalue weighted by atomic mass is 79.9. The van der Waals surface area contributed by atoms with Gasteiger partial charge in [0.1, 0.15) is 13.7 Å². The van der Waals surface area contributed by atoms with Crippen LogP contribution < -0.4 is 4.57 Å². The number of halogens is 1. The number of pyridine rings is 1. The van der Waals surface area contributed by atoms with E-state index in [4.69, 9.17) is 10.00 Å². The Balaban J connectivity index is 2.03. The first-order valence-electron chi connectivity index (χ1n) is 5.91. The molecule has 4 nitrogen and oxygen atoms in total. The molecule has 0 amide bonds. The minimum Gasteiger partial charge on any atom is -0.457 e. The first kappa shape index (κ1) is 14.2. The molecule has 0 bridgehead atoms. The Hall–Kier alpha value is -2.19. The number of nitriles is 1. The third kappa shape index (κ3) is 3.43. The average molecular weight is 332 g/mol. The van der Waals surface area contributed by atoms with Crippen LogP contribution >= 0.6 is 15.9 Å². The third-order valence-electron chi connectivity index (χ3n) is 2.78. The summed E-state index contributed by atoms with van der Waals surface area (Å²) in [5.74, 6) is -0.385. The van der Waals surface area contributed by atoms with Gasteiger partial charge >= 0.3 is 5.97 Å². The van der Waals surface area contributed by atoms with Crippen molar-refractivity contribution in [3.8, 4) is 6.07 Å². The molecule has 0 spiro atoms. The lowest BCUT2D eigenvalue weighted by atomic mass is 10.2. The van der Waals surface area contributed by atoms with E-state index in [1.807, 2.05) is 6.07 Å². The molecule has 20 heavy (non-hydrogen) atoms. The second-order valence-electron chi connectivity index (χ2n) is 4.23. The van der Waals surface area contributed by atoms with Gasteiger partial charge in [-0.15, -0.1) is 0 Å². The summed E-state index contributed by atoms with van der Waals surface area (Å²) in [4.78, 5) is 11.8. The smallest absolute Gasteiger partial charge is 0.338 e. The normalized spacial score (nSPS) is 9.85. The van der Waals surface area contributed by atoms with Crippen LogP contribution in [0.5, 0.6) is 0 Å². The predicted octanol–water partition coefficient (Wildman–Crippen LogP) is 2.50. The zero-order chi connectivity index (χ0) is 14.5. The number of carbonyl (C=O) groups is 1. The predicted molar refractivity (Wildman–Crippen MR) is 75.6 cm³/mol. The van der Waals surface area contributed by atoms with Crippen molar-refractivity contribution in [2.75, 3.05) is 0 Å². The van der Waals surface area contributed by atoms with Gasteiger partial charge < -0.3 is 4.74 Å². The van der Waals surface area contributed by atoms with Crippen LogP contribution in [-0.2, 0) is 18.4 Å². The third-order valence-corrected chi connectivity index (χ3v) is 3.31. The Morgan fingerprint density at radius 1 is 1.35 bits per heavy atom. The average Bonchev–Trinajstić information content (AvgIpc) is 2.46. The molecule has 1 aromatic heterocycles. The van der Waals surface area contributed by atoms with Gasteiger partial charge in [-0.1, -0.05) is 15.9 Å². The summed E-state index contributed by atoms with van der Waals surface area (Å²) >= 11 is 3.31. The molecule has 0 aliphatic carbocycles. The lowest BCUT2D eigenvalue weighted by Crippen LogP contribution is -2.31. The molecule has 0 saturated carbocycles. The maximum atomic E-state index is 11.8. The van der Waals surface area contributed by atoms with Crippen LogP contribution in [0.1, 0.15) is 21.6 Å². The van der Waals surface area contributed by atoms with Gasteiger partial charge in [0.2, 0.25) is 0 Å². The van der Waals surface area contributed by atoms with Crippen molar-refractivity contribution in [3.63, 3.8) is 0 Å². The Kier molecular flexibility index (Phi) is 4.49. The summed E-state index contributed by atoms with van der Waals surface area (Å²) in [7, 11) is 1.79. The van der Waals surface area contributed by atoms with E-state index in [9.17, 15) is 4.79 Å². The van der Waals surface area contributed by atoms with E-state index in [1.54, 1.807) is 48.1 Å². The molecule has 0 fully saturated rings. The van der Waals surface area contributed by atoms with Gasteiger partial charge in [0.05, 0.1) is 5.56 Å². The molecular weight excluding hydrogens is 320 g/mol. The minimum atomic E-state index is -0.385. The Morgan fingerprint density at radius 2 is 2.05 bits per heavy atom. The van der Waals surface area contributed by atoms with Gasteiger partial charge in [0.25, 0.3) is 5.69 Å². The van der Waals surface area contributed by atoms with Crippen LogP contribution in [0, 0.1) is 11.3 Å². The van der Waals surface area contributed by atoms with E-state index in [1.165, 1.54) is 0 Å². The number of benzene rings is 1. The number of aromatic nitrogens is 1. The van der Waals surface area contributed by atoms with Crippen molar-refractivity contribution < 1.29 is 14.1 Å². The van der Waals surface area contributed by atoms with Crippen molar-refractivity contribution >= 4 is 21.9 Å². The first-order chi connectivity index (χ1) is 9.60. The second kappa shape index (κ2) is 6.31. The number of aryl methyl sites for hydroxylation is 1. The molecule has 0 atom stereocenters. The summed E-state index contributed by atoms with van der Waals surface area (Å²) in [5.41, 5.74) is 1.79. The molecule has 100 valence electrons. The number of esters is 1. The molecule has 2 aromatic rings. The van der Waals surface area contributed by atoms with E-state index < -0.39 is 0 Å². The van der Waals surface area contributed by atoms with Gasteiger partial charge in [-0.05, 0) is 24.3 Å². The van der Waals surface area contributed by atoms with E-state index in [0.717, 1.165) is 10.0 Å². The molecule has 0 unspecified atom stereocenters. The second-order valence-corrected chi connectivity index (χ2v) is 5.14. The SMILES string of the molecule is C[n+]1ccc(COC(=O)c2ccc(Br)cc2)cc1C#N. The quantitative estimate of drug-likeness (QED) is 0.641. The molecule has 1 aromatic carbocycles. The van der Waals surface area contributed by atoms with Crippen LogP contribution in [0.25, 0.3) is 0 Å². The van der Waals surface area contributed by atoms with Crippen molar-refractivity contribution in [2.24, 2.45) is 7.05 Å². The molecule has 0 aliphatic rings. The summed E-state index contributed by atoms with van der Waals surface area (Å²) < 4.78 is 7.83. The highest BCUT2D eigenvalue weighted by Gasteiger charge is 2.10. The minimum absolute atomic E-state index is 0.143. The number of hydrogen-bond donors (Lipinski definition) is 0. The Bertz CT molecular complexity index is 675. The highest BCUT2D eigenvalue weighted by Crippen LogP contribution is 2.12. The Labute approximate surface area is 125 Å². The summed E-state index contributed by atoms with van der Waals surface area (Å²) in [6.07, 6.45) is 1.77. The fourth-order valence-electron chi connectivity index (χ4n) is 1.63. The zero-order valence-electron chi connectivity index (χ0n) is 10.8. The fourth-order valence-corrected chi connectivity index (χ4v) is 1.90. The zero-order valence-corrected chi connectivity index (χ0v) is 12.4. The molecule has 0 aliphatic heterocycles. The van der Waals surface area contributed by atoms with Gasteiger partial charge in [-0.3, -0.25) is 0 Å². The van der Waals surface area contributed by atoms with Crippen LogP contribution in [0.3, 0.4) is 0 Å². The standard InChI is InChI=1S/C15H12BrN2O2/c1-18-7-6-11(8-14(18)9-17)10-20-15(19)12-2-4-13(16)5-3-12/h2-8H,10H2,1H3/q+1. The molecule has 0 radical (unpaired) electrons. The van der Waals surface area contributed by atoms with Crippen LogP contribution in [0.2, 0.25) is 0 Å². The van der Waals surface area contributed by atoms with Gasteiger partial charge in [-0.25, -0.2) is 4.79 Å². The summed E-state index contributed by atoms with van der Waals surface area (Å²) in [5, 5.41) is 8.94. The largest absolute Gasteiger partial charge is 0.457 e. The number of hydrogen-bond acceptors (Lipinski definition) is 3. The van der Waals surface area contributed by atoms with Crippen molar-refractivity contribution in [1.29, 1.82) is 5.26 Å². The van der Waals surface area contributed by atoms with Crippen molar-refractivity contribution in [2.45, 2.75) is 6.61 Å². The van der Waals surface area contributed by atoms with Crippen LogP contribution in [0.15, 0.2) is 47.1 Å². The molecule has 1 heterocycles. The summed E-state index contributed by atoms with van der Waals surface area (Å²) in [6, 6.07) is 12.6. The number of carbonyl (C=O) groups excluding carboxylic acids is 1. The van der Waals surface area contributed by atoms with Crippen molar-refractivity contribution in [3.05, 3.63) is 63.9 Å². The molecule has 0 N–H and O–H groups in total. The topological polar surface area (TPSA) is 54.0 Å². The molecule has 5 heteroatoms. The maximum Gasteiger partial charge on any atom is 0.338 e. The van der Waals surface area contributed by atoms with Crippen molar-refractivity contribution in [1.82, 2.24) is 0 Å². The lowest BCUT2D eigenvalue weighted by Gasteiger charge is -2.05. The van der Waals surface area contributed by atoms with Crippen LogP contribution in [0.4, 0.5) is 0 Å². The molecule has 2 rings (SSSR count). The van der Waals surface area contributed by atoms with Gasteiger partial charge in [0.15, 0.2) is 12.3 Å². The molecular formula is C15H12BrN2O2+. The van der Waals surface area contributed by atoms with E-state index in [0.29, 0.717) is 11.3 Å². The monoisotopic (exact) mass is 331 g/mol. The number of ether oxygens (including phenoxy) is 1. The summed E-state index contributed by atoms with van der Waals surface area (Å²) in [6.45, 7) is 0.143. The van der Waals surface area contributed by atoms with E-state index in [2.05, 4.69) is 22.0 Å². The van der Waals surface area contributed by atoms with Gasteiger partial charge in [0, 0.05) is 22.2 Å². The highest BCUT2D eigenvalue weighted by molar-refractivity contribution is 9.10. The molecule has 0 saturated heterocycles. The van der Waals surface area contributed by atoms with Crippen LogP contribution in [-0.4, -0.2) is 5.97 Å². The lowest BCUT2D eigenvalue weighted by molar-refractivity contribution is -0.674. The van der Waals surface area contributed by atoms with E-state index >= 15 is 0 Å². The first-order valence-corrected chi connectivity index (χ1v) is 6.71. The van der Waals surface area contributed by atoms with Gasteiger partial charge in [-0.2, -0.15) is 9.83 Å². The number of rotatable bonds is 3.